The summed E-state index contributed by atoms with van der Waals surface area (Å²) in [7, 11) is -3.58. The van der Waals surface area contributed by atoms with Crippen LogP contribution in [0.25, 0.3) is 0 Å². The molecule has 4 rings (SSSR count). The number of hydrogen-bond acceptors (Lipinski definition) is 5. The summed E-state index contributed by atoms with van der Waals surface area (Å²) in [5.41, 5.74) is 1.84. The molecule has 32 heavy (non-hydrogen) atoms. The molecule has 0 unspecified atom stereocenters. The number of amides is 2. The van der Waals surface area contributed by atoms with Crippen molar-refractivity contribution in [2.24, 2.45) is 0 Å². The Hall–Kier alpha value is -2.91. The average Bonchev–Trinajstić information content (AvgIpc) is 3.43. The Kier molecular flexibility index (Phi) is 6.21. The van der Waals surface area contributed by atoms with E-state index in [0.717, 1.165) is 12.8 Å². The number of carbonyl (C=O) groups is 2. The van der Waals surface area contributed by atoms with Crippen molar-refractivity contribution in [2.45, 2.75) is 44.0 Å². The number of sulfonamides is 1. The highest BCUT2D eigenvalue weighted by atomic mass is 32.2. The molecule has 0 radical (unpaired) electrons. The zero-order valence-corrected chi connectivity index (χ0v) is 19.0. The maximum absolute atomic E-state index is 13.0. The Bertz CT molecular complexity index is 1120. The molecule has 1 fully saturated rings. The highest BCUT2D eigenvalue weighted by Crippen LogP contribution is 2.35. The number of carbonyl (C=O) groups excluding carboxylic acids is 2. The summed E-state index contributed by atoms with van der Waals surface area (Å²) >= 11 is 0. The third-order valence-corrected chi connectivity index (χ3v) is 7.71. The smallest absolute Gasteiger partial charge is 0.247 e. The topological polar surface area (TPSA) is 96.0 Å². The third kappa shape index (κ3) is 4.22. The molecule has 0 aromatic heterocycles. The minimum atomic E-state index is -3.58. The highest BCUT2D eigenvalue weighted by Gasteiger charge is 2.38. The lowest BCUT2D eigenvalue weighted by atomic mass is 10.1. The number of nitrogens with one attached hydrogen (secondary N) is 1. The molecule has 0 spiro atoms. The molecule has 2 heterocycles. The standard InChI is InChI=1S/C23H27N3O5S/c1-3-31-19-8-6-18(7-9-19)24-23(28)22-15-17-14-20(10-11-21(17)26(22)16(2)27)32(29,30)25-12-4-5-13-25/h6-11,14,22H,3-5,12-13,15H2,1-2H3,(H,24,28)/t22-/m1/s1. The molecule has 170 valence electrons. The highest BCUT2D eigenvalue weighted by molar-refractivity contribution is 7.89. The van der Waals surface area contributed by atoms with Crippen LogP contribution in [-0.4, -0.2) is 50.3 Å². The lowest BCUT2D eigenvalue weighted by molar-refractivity contribution is -0.122. The summed E-state index contributed by atoms with van der Waals surface area (Å²) in [4.78, 5) is 27.1. The van der Waals surface area contributed by atoms with E-state index in [2.05, 4.69) is 5.32 Å². The Balaban J connectivity index is 1.56. The molecule has 2 aromatic carbocycles. The molecule has 2 amide bonds. The van der Waals surface area contributed by atoms with E-state index in [1.165, 1.54) is 22.2 Å². The normalized spacial score (nSPS) is 18.4. The van der Waals surface area contributed by atoms with Crippen molar-refractivity contribution >= 4 is 33.2 Å². The van der Waals surface area contributed by atoms with Crippen LogP contribution >= 0.6 is 0 Å². The van der Waals surface area contributed by atoms with E-state index in [4.69, 9.17) is 4.74 Å². The van der Waals surface area contributed by atoms with Crippen LogP contribution in [0.1, 0.15) is 32.3 Å². The molecule has 0 bridgehead atoms. The molecule has 0 saturated carbocycles. The van der Waals surface area contributed by atoms with Crippen molar-refractivity contribution in [3.05, 3.63) is 48.0 Å². The van der Waals surface area contributed by atoms with Crippen molar-refractivity contribution in [2.75, 3.05) is 29.9 Å². The lowest BCUT2D eigenvalue weighted by Gasteiger charge is -2.23. The van der Waals surface area contributed by atoms with Gasteiger partial charge in [-0.1, -0.05) is 0 Å². The second-order valence-electron chi connectivity index (χ2n) is 7.96. The summed E-state index contributed by atoms with van der Waals surface area (Å²) in [5, 5.41) is 2.85. The molecule has 2 aliphatic rings. The molecule has 9 heteroatoms. The van der Waals surface area contributed by atoms with Crippen molar-refractivity contribution in [3.8, 4) is 5.75 Å². The molecule has 1 saturated heterocycles. The minimum Gasteiger partial charge on any atom is -0.494 e. The number of benzene rings is 2. The van der Waals surface area contributed by atoms with Crippen LogP contribution in [0.2, 0.25) is 0 Å². The second kappa shape index (κ2) is 8.91. The van der Waals surface area contributed by atoms with Gasteiger partial charge >= 0.3 is 0 Å². The van der Waals surface area contributed by atoms with E-state index < -0.39 is 16.1 Å². The maximum Gasteiger partial charge on any atom is 0.247 e. The zero-order chi connectivity index (χ0) is 22.9. The van der Waals surface area contributed by atoms with Gasteiger partial charge in [-0.2, -0.15) is 4.31 Å². The summed E-state index contributed by atoms with van der Waals surface area (Å²) < 4.78 is 32.8. The molecule has 0 aliphatic carbocycles. The van der Waals surface area contributed by atoms with Gasteiger partial charge in [-0.15, -0.1) is 0 Å². The monoisotopic (exact) mass is 457 g/mol. The number of hydrogen-bond donors (Lipinski definition) is 1. The fourth-order valence-electron chi connectivity index (χ4n) is 4.29. The number of anilines is 2. The SMILES string of the molecule is CCOc1ccc(NC(=O)[C@H]2Cc3cc(S(=O)(=O)N4CCCC4)ccc3N2C(C)=O)cc1. The van der Waals surface area contributed by atoms with Crippen molar-refractivity contribution in [1.29, 1.82) is 0 Å². The first-order valence-electron chi connectivity index (χ1n) is 10.8. The van der Waals surface area contributed by atoms with Crippen LogP contribution in [0.4, 0.5) is 11.4 Å². The van der Waals surface area contributed by atoms with Gasteiger partial charge in [0.2, 0.25) is 21.8 Å². The lowest BCUT2D eigenvalue weighted by Crippen LogP contribution is -2.44. The number of nitrogens with zero attached hydrogens (tertiary/aromatic N) is 2. The second-order valence-corrected chi connectivity index (χ2v) is 9.90. The molecule has 8 nitrogen and oxygen atoms in total. The molecular weight excluding hydrogens is 430 g/mol. The van der Waals surface area contributed by atoms with E-state index in [1.54, 1.807) is 36.4 Å². The van der Waals surface area contributed by atoms with E-state index in [9.17, 15) is 18.0 Å². The Morgan fingerprint density at radius 3 is 2.41 bits per heavy atom. The molecule has 1 N–H and O–H groups in total. The Labute approximate surface area is 188 Å². The van der Waals surface area contributed by atoms with Gasteiger partial charge in [-0.3, -0.25) is 14.5 Å². The van der Waals surface area contributed by atoms with Gasteiger partial charge < -0.3 is 10.1 Å². The van der Waals surface area contributed by atoms with Crippen LogP contribution < -0.4 is 15.0 Å². The van der Waals surface area contributed by atoms with Crippen molar-refractivity contribution < 1.29 is 22.7 Å². The fourth-order valence-corrected chi connectivity index (χ4v) is 5.86. The van der Waals surface area contributed by atoms with Crippen molar-refractivity contribution in [1.82, 2.24) is 4.31 Å². The van der Waals surface area contributed by atoms with Gasteiger partial charge in [-0.05, 0) is 67.8 Å². The van der Waals surface area contributed by atoms with E-state index in [0.29, 0.717) is 42.4 Å². The summed E-state index contributed by atoms with van der Waals surface area (Å²) in [6.07, 6.45) is 1.97. The number of ether oxygens (including phenoxy) is 1. The first-order chi connectivity index (χ1) is 15.3. The van der Waals surface area contributed by atoms with E-state index in [-0.39, 0.29) is 23.1 Å². The molecular formula is C23H27N3O5S. The average molecular weight is 458 g/mol. The quantitative estimate of drug-likeness (QED) is 0.720. The van der Waals surface area contributed by atoms with Gasteiger partial charge in [0.1, 0.15) is 11.8 Å². The third-order valence-electron chi connectivity index (χ3n) is 5.81. The Morgan fingerprint density at radius 1 is 1.09 bits per heavy atom. The predicted octanol–water partition coefficient (Wildman–Crippen LogP) is 2.79. The van der Waals surface area contributed by atoms with Gasteiger partial charge in [0.05, 0.1) is 11.5 Å². The van der Waals surface area contributed by atoms with Crippen molar-refractivity contribution in [3.63, 3.8) is 0 Å². The zero-order valence-electron chi connectivity index (χ0n) is 18.2. The van der Waals surface area contributed by atoms with Crippen LogP contribution in [0, 0.1) is 0 Å². The summed E-state index contributed by atoms with van der Waals surface area (Å²) in [5.74, 6) is 0.103. The van der Waals surface area contributed by atoms with Gasteiger partial charge in [0, 0.05) is 37.8 Å². The van der Waals surface area contributed by atoms with Gasteiger partial charge in [0.25, 0.3) is 0 Å². The number of rotatable bonds is 6. The predicted molar refractivity (Wildman–Crippen MR) is 121 cm³/mol. The van der Waals surface area contributed by atoms with Crippen LogP contribution in [0.15, 0.2) is 47.4 Å². The van der Waals surface area contributed by atoms with Crippen LogP contribution in [0.3, 0.4) is 0 Å². The summed E-state index contributed by atoms with van der Waals surface area (Å²) in [6, 6.07) is 11.0. The fraction of sp³-hybridized carbons (Fsp3) is 0.391. The molecule has 2 aliphatic heterocycles. The molecule has 2 aromatic rings. The molecule has 1 atom stereocenters. The van der Waals surface area contributed by atoms with Gasteiger partial charge in [0.15, 0.2) is 0 Å². The summed E-state index contributed by atoms with van der Waals surface area (Å²) in [6.45, 7) is 4.89. The van der Waals surface area contributed by atoms with Crippen LogP contribution in [0.5, 0.6) is 5.75 Å². The van der Waals surface area contributed by atoms with Gasteiger partial charge in [-0.25, -0.2) is 8.42 Å². The Morgan fingerprint density at radius 2 is 1.78 bits per heavy atom. The minimum absolute atomic E-state index is 0.203. The first kappa shape index (κ1) is 22.3. The maximum atomic E-state index is 13.0. The van der Waals surface area contributed by atoms with Crippen LogP contribution in [-0.2, 0) is 26.0 Å². The largest absolute Gasteiger partial charge is 0.494 e. The van der Waals surface area contributed by atoms with E-state index in [1.807, 2.05) is 6.92 Å². The van der Waals surface area contributed by atoms with E-state index >= 15 is 0 Å². The first-order valence-corrected chi connectivity index (χ1v) is 12.2. The number of fused-ring (bicyclic) bond motifs is 1.